The van der Waals surface area contributed by atoms with Crippen LogP contribution in [-0.4, -0.2) is 24.5 Å². The van der Waals surface area contributed by atoms with E-state index in [9.17, 15) is 0 Å². The van der Waals surface area contributed by atoms with Crippen molar-refractivity contribution in [1.29, 1.82) is 0 Å². The van der Waals surface area contributed by atoms with Crippen molar-refractivity contribution in [3.05, 3.63) is 90.9 Å². The summed E-state index contributed by atoms with van der Waals surface area (Å²) >= 11 is 0. The molecule has 0 bridgehead atoms. The molecule has 3 aromatic heterocycles. The number of hydrogen-bond acceptors (Lipinski definition) is 5. The Morgan fingerprint density at radius 2 is 1.56 bits per heavy atom. The molecular formula is C26H22N6. The predicted molar refractivity (Wildman–Crippen MR) is 125 cm³/mol. The van der Waals surface area contributed by atoms with Crippen LogP contribution in [-0.2, 0) is 5.54 Å². The molecule has 32 heavy (non-hydrogen) atoms. The number of benzene rings is 2. The summed E-state index contributed by atoms with van der Waals surface area (Å²) in [4.78, 5) is 18.5. The standard InChI is InChI=1S/C26H22N6/c27-26(13-4-14-26)20-7-9-21(10-8-20)32-24(19-11-15-28-16-12-19)30-22-17-29-23(31-25(22)32)18-5-2-1-3-6-18/h1-3,5-12,15-17H,4,13-14,27H2. The Hall–Kier alpha value is -3.90. The Morgan fingerprint density at radius 3 is 2.25 bits per heavy atom. The first-order chi connectivity index (χ1) is 15.7. The third-order valence-electron chi connectivity index (χ3n) is 6.32. The first kappa shape index (κ1) is 18.8. The predicted octanol–water partition coefficient (Wildman–Crippen LogP) is 4.88. The van der Waals surface area contributed by atoms with Crippen LogP contribution in [0.1, 0.15) is 24.8 Å². The van der Waals surface area contributed by atoms with E-state index >= 15 is 0 Å². The highest BCUT2D eigenvalue weighted by Gasteiger charge is 2.34. The highest BCUT2D eigenvalue weighted by atomic mass is 15.2. The van der Waals surface area contributed by atoms with Gasteiger partial charge in [0.05, 0.1) is 6.20 Å². The van der Waals surface area contributed by atoms with Gasteiger partial charge in [0, 0.05) is 34.7 Å². The molecule has 1 fully saturated rings. The van der Waals surface area contributed by atoms with Gasteiger partial charge in [-0.05, 0) is 49.1 Å². The van der Waals surface area contributed by atoms with Crippen molar-refractivity contribution in [1.82, 2.24) is 24.5 Å². The minimum absolute atomic E-state index is 0.188. The van der Waals surface area contributed by atoms with Gasteiger partial charge in [-0.15, -0.1) is 0 Å². The third-order valence-corrected chi connectivity index (χ3v) is 6.32. The maximum atomic E-state index is 6.54. The van der Waals surface area contributed by atoms with E-state index in [1.807, 2.05) is 42.5 Å². The number of rotatable bonds is 4. The fourth-order valence-electron chi connectivity index (χ4n) is 4.33. The summed E-state index contributed by atoms with van der Waals surface area (Å²) in [7, 11) is 0. The zero-order chi connectivity index (χ0) is 21.5. The number of imidazole rings is 1. The van der Waals surface area contributed by atoms with Crippen molar-refractivity contribution in [2.24, 2.45) is 5.73 Å². The monoisotopic (exact) mass is 418 g/mol. The van der Waals surface area contributed by atoms with Gasteiger partial charge in [0.25, 0.3) is 0 Å². The highest BCUT2D eigenvalue weighted by molar-refractivity contribution is 5.81. The van der Waals surface area contributed by atoms with Gasteiger partial charge >= 0.3 is 0 Å². The molecule has 6 heteroatoms. The lowest BCUT2D eigenvalue weighted by molar-refractivity contribution is 0.253. The van der Waals surface area contributed by atoms with Crippen molar-refractivity contribution in [2.75, 3.05) is 0 Å². The maximum Gasteiger partial charge on any atom is 0.169 e. The first-order valence-corrected chi connectivity index (χ1v) is 10.8. The molecule has 156 valence electrons. The molecule has 0 spiro atoms. The average Bonchev–Trinajstić information content (AvgIpc) is 3.22. The van der Waals surface area contributed by atoms with Crippen molar-refractivity contribution in [3.8, 4) is 28.5 Å². The number of pyridine rings is 1. The largest absolute Gasteiger partial charge is 0.321 e. The van der Waals surface area contributed by atoms with Crippen molar-refractivity contribution >= 4 is 11.2 Å². The smallest absolute Gasteiger partial charge is 0.169 e. The summed E-state index contributed by atoms with van der Waals surface area (Å²) in [6.45, 7) is 0. The normalized spacial score (nSPS) is 14.9. The van der Waals surface area contributed by atoms with E-state index < -0.39 is 0 Å². The summed E-state index contributed by atoms with van der Waals surface area (Å²) < 4.78 is 2.09. The van der Waals surface area contributed by atoms with E-state index in [2.05, 4.69) is 38.8 Å². The SMILES string of the molecule is NC1(c2ccc(-n3c(-c4ccncc4)nc4cnc(-c5ccccc5)nc43)cc2)CCC1. The highest BCUT2D eigenvalue weighted by Crippen LogP contribution is 2.39. The maximum absolute atomic E-state index is 6.54. The van der Waals surface area contributed by atoms with Gasteiger partial charge in [0.2, 0.25) is 0 Å². The van der Waals surface area contributed by atoms with Crippen molar-refractivity contribution in [2.45, 2.75) is 24.8 Å². The van der Waals surface area contributed by atoms with Crippen LogP contribution in [0, 0.1) is 0 Å². The summed E-state index contributed by atoms with van der Waals surface area (Å²) in [5.74, 6) is 1.48. The van der Waals surface area contributed by atoms with Gasteiger partial charge in [-0.3, -0.25) is 9.55 Å². The Bertz CT molecular complexity index is 1390. The number of fused-ring (bicyclic) bond motifs is 1. The van der Waals surface area contributed by atoms with Crippen LogP contribution in [0.25, 0.3) is 39.6 Å². The van der Waals surface area contributed by atoms with Crippen LogP contribution in [0.3, 0.4) is 0 Å². The zero-order valence-corrected chi connectivity index (χ0v) is 17.5. The Balaban J connectivity index is 1.55. The topological polar surface area (TPSA) is 82.5 Å². The van der Waals surface area contributed by atoms with Gasteiger partial charge in [-0.2, -0.15) is 0 Å². The molecule has 3 heterocycles. The Morgan fingerprint density at radius 1 is 0.812 bits per heavy atom. The van der Waals surface area contributed by atoms with E-state index in [1.54, 1.807) is 18.6 Å². The van der Waals surface area contributed by atoms with Crippen LogP contribution < -0.4 is 5.73 Å². The fraction of sp³-hybridized carbons (Fsp3) is 0.154. The van der Waals surface area contributed by atoms with Gasteiger partial charge in [-0.1, -0.05) is 42.5 Å². The average molecular weight is 419 g/mol. The van der Waals surface area contributed by atoms with Crippen LogP contribution in [0.4, 0.5) is 0 Å². The zero-order valence-electron chi connectivity index (χ0n) is 17.5. The number of aromatic nitrogens is 5. The van der Waals surface area contributed by atoms with Crippen LogP contribution >= 0.6 is 0 Å². The first-order valence-electron chi connectivity index (χ1n) is 10.8. The molecule has 2 aromatic carbocycles. The molecule has 0 amide bonds. The number of hydrogen-bond donors (Lipinski definition) is 1. The molecule has 0 aliphatic heterocycles. The number of nitrogens with two attached hydrogens (primary N) is 1. The van der Waals surface area contributed by atoms with E-state index in [-0.39, 0.29) is 5.54 Å². The molecule has 5 aromatic rings. The minimum atomic E-state index is -0.188. The minimum Gasteiger partial charge on any atom is -0.321 e. The second-order valence-corrected chi connectivity index (χ2v) is 8.33. The fourth-order valence-corrected chi connectivity index (χ4v) is 4.33. The molecule has 2 N–H and O–H groups in total. The van der Waals surface area contributed by atoms with E-state index in [0.717, 1.165) is 46.6 Å². The quantitative estimate of drug-likeness (QED) is 0.450. The van der Waals surface area contributed by atoms with Gasteiger partial charge in [-0.25, -0.2) is 15.0 Å². The van der Waals surface area contributed by atoms with Crippen LogP contribution in [0.2, 0.25) is 0 Å². The molecule has 0 saturated heterocycles. The van der Waals surface area contributed by atoms with Gasteiger partial charge < -0.3 is 5.73 Å². The summed E-state index contributed by atoms with van der Waals surface area (Å²) in [6, 6.07) is 22.4. The molecule has 6 nitrogen and oxygen atoms in total. The molecule has 6 rings (SSSR count). The second kappa shape index (κ2) is 7.35. The lowest BCUT2D eigenvalue weighted by Gasteiger charge is -2.38. The summed E-state index contributed by atoms with van der Waals surface area (Å²) in [5, 5.41) is 0. The molecule has 1 aliphatic carbocycles. The van der Waals surface area contributed by atoms with Gasteiger partial charge in [0.15, 0.2) is 11.5 Å². The van der Waals surface area contributed by atoms with E-state index in [1.165, 1.54) is 12.0 Å². The third kappa shape index (κ3) is 3.08. The van der Waals surface area contributed by atoms with Crippen molar-refractivity contribution < 1.29 is 0 Å². The molecule has 0 atom stereocenters. The Kier molecular flexibility index (Phi) is 4.33. The summed E-state index contributed by atoms with van der Waals surface area (Å²) in [6.07, 6.45) is 8.61. The Labute approximate surface area is 185 Å². The number of nitrogens with zero attached hydrogens (tertiary/aromatic N) is 5. The van der Waals surface area contributed by atoms with Crippen molar-refractivity contribution in [3.63, 3.8) is 0 Å². The molecule has 0 unspecified atom stereocenters. The lowest BCUT2D eigenvalue weighted by atomic mass is 9.73. The van der Waals surface area contributed by atoms with Gasteiger partial charge in [0.1, 0.15) is 11.3 Å². The molecule has 1 aliphatic rings. The molecule has 0 radical (unpaired) electrons. The van der Waals surface area contributed by atoms with E-state index in [4.69, 9.17) is 15.7 Å². The van der Waals surface area contributed by atoms with Crippen LogP contribution in [0.15, 0.2) is 85.3 Å². The molecular weight excluding hydrogens is 396 g/mol. The molecule has 1 saturated carbocycles. The lowest BCUT2D eigenvalue weighted by Crippen LogP contribution is -2.43. The van der Waals surface area contributed by atoms with Crippen LogP contribution in [0.5, 0.6) is 0 Å². The van der Waals surface area contributed by atoms with E-state index in [0.29, 0.717) is 5.82 Å². The second-order valence-electron chi connectivity index (χ2n) is 8.33. The summed E-state index contributed by atoms with van der Waals surface area (Å²) in [5.41, 5.74) is 12.0.